The van der Waals surface area contributed by atoms with Gasteiger partial charge in [0.25, 0.3) is 0 Å². The second-order valence-electron chi connectivity index (χ2n) is 6.77. The van der Waals surface area contributed by atoms with Crippen LogP contribution in [-0.4, -0.2) is 34.7 Å². The molecule has 1 amide bonds. The lowest BCUT2D eigenvalue weighted by molar-refractivity contribution is 0.0184. The van der Waals surface area contributed by atoms with Crippen LogP contribution < -0.4 is 5.32 Å². The van der Waals surface area contributed by atoms with E-state index in [1.807, 2.05) is 36.4 Å². The van der Waals surface area contributed by atoms with E-state index in [1.165, 1.54) is 0 Å². The summed E-state index contributed by atoms with van der Waals surface area (Å²) in [6.45, 7) is -0.0677. The normalized spacial score (nSPS) is 12.6. The van der Waals surface area contributed by atoms with E-state index in [0.29, 0.717) is 16.7 Å². The van der Waals surface area contributed by atoms with Crippen molar-refractivity contribution in [2.75, 3.05) is 6.54 Å². The number of aliphatic hydroxyl groups is 2. The smallest absolute Gasteiger partial charge is 0.407 e. The Morgan fingerprint density at radius 3 is 2.00 bits per heavy atom. The van der Waals surface area contributed by atoms with Crippen LogP contribution in [0.1, 0.15) is 33.2 Å². The molecule has 0 aliphatic heterocycles. The van der Waals surface area contributed by atoms with Crippen LogP contribution in [-0.2, 0) is 11.3 Å². The van der Waals surface area contributed by atoms with Gasteiger partial charge in [-0.15, -0.1) is 0 Å². The third kappa shape index (κ3) is 5.76. The number of ketones is 1. The Morgan fingerprint density at radius 1 is 0.800 bits per heavy atom. The molecule has 0 aromatic heterocycles. The van der Waals surface area contributed by atoms with Crippen molar-refractivity contribution < 1.29 is 24.5 Å². The molecule has 6 nitrogen and oxygen atoms in total. The molecule has 0 saturated heterocycles. The van der Waals surface area contributed by atoms with Gasteiger partial charge in [-0.05, 0) is 11.1 Å². The summed E-state index contributed by atoms with van der Waals surface area (Å²) in [5.74, 6) is -0.125. The second kappa shape index (κ2) is 10.3. The van der Waals surface area contributed by atoms with Gasteiger partial charge in [0.1, 0.15) is 18.8 Å². The predicted molar refractivity (Wildman–Crippen MR) is 112 cm³/mol. The summed E-state index contributed by atoms with van der Waals surface area (Å²) >= 11 is 0. The van der Waals surface area contributed by atoms with Gasteiger partial charge in [0.2, 0.25) is 0 Å². The Bertz CT molecular complexity index is 958. The lowest BCUT2D eigenvalue weighted by Crippen LogP contribution is -2.35. The zero-order valence-electron chi connectivity index (χ0n) is 16.3. The highest BCUT2D eigenvalue weighted by Crippen LogP contribution is 2.19. The van der Waals surface area contributed by atoms with Crippen LogP contribution in [0.5, 0.6) is 0 Å². The molecule has 0 aliphatic rings. The first kappa shape index (κ1) is 21.2. The first-order valence-corrected chi connectivity index (χ1v) is 9.55. The fraction of sp³-hybridized carbons (Fsp3) is 0.167. The molecular weight excluding hydrogens is 382 g/mol. The number of benzene rings is 3. The summed E-state index contributed by atoms with van der Waals surface area (Å²) < 4.78 is 5.07. The van der Waals surface area contributed by atoms with E-state index >= 15 is 0 Å². The molecule has 0 spiro atoms. The van der Waals surface area contributed by atoms with E-state index in [4.69, 9.17) is 4.74 Å². The fourth-order valence-corrected chi connectivity index (χ4v) is 2.88. The van der Waals surface area contributed by atoms with Crippen molar-refractivity contribution in [1.29, 1.82) is 0 Å². The van der Waals surface area contributed by atoms with Crippen LogP contribution in [0.3, 0.4) is 0 Å². The average molecular weight is 405 g/mol. The standard InChI is InChI=1S/C24H23NO5/c26-21(15-25-24(29)30-16-17-7-3-1-4-8-17)23(28)20-13-11-19(12-14-20)22(27)18-9-5-2-6-10-18/h1-14,21,23,26,28H,15-16H2,(H,25,29). The molecule has 154 valence electrons. The van der Waals surface area contributed by atoms with Gasteiger partial charge in [-0.25, -0.2) is 4.79 Å². The molecule has 0 bridgehead atoms. The van der Waals surface area contributed by atoms with Gasteiger partial charge >= 0.3 is 6.09 Å². The van der Waals surface area contributed by atoms with Crippen molar-refractivity contribution in [2.45, 2.75) is 18.8 Å². The topological polar surface area (TPSA) is 95.9 Å². The van der Waals surface area contributed by atoms with Crippen LogP contribution >= 0.6 is 0 Å². The monoisotopic (exact) mass is 405 g/mol. The SMILES string of the molecule is O=C(NCC(O)C(O)c1ccc(C(=O)c2ccccc2)cc1)OCc1ccccc1. The maximum absolute atomic E-state index is 12.4. The second-order valence-corrected chi connectivity index (χ2v) is 6.77. The van der Waals surface area contributed by atoms with Crippen molar-refractivity contribution in [3.63, 3.8) is 0 Å². The minimum absolute atomic E-state index is 0.113. The Kier molecular flexibility index (Phi) is 7.32. The molecule has 0 aliphatic carbocycles. The summed E-state index contributed by atoms with van der Waals surface area (Å²) in [5, 5.41) is 22.9. The number of amides is 1. The fourth-order valence-electron chi connectivity index (χ4n) is 2.88. The number of hydrogen-bond donors (Lipinski definition) is 3. The number of ether oxygens (including phenoxy) is 1. The minimum Gasteiger partial charge on any atom is -0.445 e. The van der Waals surface area contributed by atoms with E-state index in [2.05, 4.69) is 5.32 Å². The number of aliphatic hydroxyl groups excluding tert-OH is 2. The van der Waals surface area contributed by atoms with Gasteiger partial charge in [0.15, 0.2) is 5.78 Å². The lowest BCUT2D eigenvalue weighted by atomic mass is 9.99. The summed E-state index contributed by atoms with van der Waals surface area (Å²) in [7, 11) is 0. The number of carbonyl (C=O) groups is 2. The van der Waals surface area contributed by atoms with E-state index in [9.17, 15) is 19.8 Å². The molecular formula is C24H23NO5. The Hall–Kier alpha value is -3.48. The van der Waals surface area contributed by atoms with Gasteiger partial charge < -0.3 is 20.3 Å². The first-order chi connectivity index (χ1) is 14.5. The molecule has 0 fully saturated rings. The predicted octanol–water partition coefficient (Wildman–Crippen LogP) is 3.24. The Balaban J connectivity index is 1.50. The third-order valence-electron chi connectivity index (χ3n) is 4.58. The average Bonchev–Trinajstić information content (AvgIpc) is 2.81. The van der Waals surface area contributed by atoms with E-state index in [-0.39, 0.29) is 18.9 Å². The van der Waals surface area contributed by atoms with Gasteiger partial charge in [-0.2, -0.15) is 0 Å². The van der Waals surface area contributed by atoms with Gasteiger partial charge in [-0.1, -0.05) is 84.9 Å². The quantitative estimate of drug-likeness (QED) is 0.500. The minimum atomic E-state index is -1.23. The zero-order valence-corrected chi connectivity index (χ0v) is 16.3. The maximum Gasteiger partial charge on any atom is 0.407 e. The Labute approximate surface area is 174 Å². The van der Waals surface area contributed by atoms with Crippen molar-refractivity contribution in [2.24, 2.45) is 0 Å². The summed E-state index contributed by atoms with van der Waals surface area (Å²) in [5.41, 5.74) is 2.34. The van der Waals surface area contributed by atoms with Crippen LogP contribution in [0, 0.1) is 0 Å². The van der Waals surface area contributed by atoms with Crippen molar-refractivity contribution >= 4 is 11.9 Å². The van der Waals surface area contributed by atoms with Gasteiger partial charge in [0.05, 0.1) is 0 Å². The van der Waals surface area contributed by atoms with Crippen LogP contribution in [0.25, 0.3) is 0 Å². The molecule has 0 saturated carbocycles. The molecule has 6 heteroatoms. The van der Waals surface area contributed by atoms with Gasteiger partial charge in [-0.3, -0.25) is 4.79 Å². The third-order valence-corrected chi connectivity index (χ3v) is 4.58. The number of hydrogen-bond acceptors (Lipinski definition) is 5. The summed E-state index contributed by atoms with van der Waals surface area (Å²) in [6.07, 6.45) is -3.14. The van der Waals surface area contributed by atoms with Gasteiger partial charge in [0, 0.05) is 17.7 Å². The van der Waals surface area contributed by atoms with Crippen LogP contribution in [0.2, 0.25) is 0 Å². The molecule has 2 atom stereocenters. The molecule has 30 heavy (non-hydrogen) atoms. The van der Waals surface area contributed by atoms with Crippen molar-refractivity contribution in [1.82, 2.24) is 5.32 Å². The molecule has 3 aromatic carbocycles. The highest BCUT2D eigenvalue weighted by atomic mass is 16.5. The largest absolute Gasteiger partial charge is 0.445 e. The maximum atomic E-state index is 12.4. The number of carbonyl (C=O) groups excluding carboxylic acids is 2. The van der Waals surface area contributed by atoms with Crippen LogP contribution in [0.4, 0.5) is 4.79 Å². The van der Waals surface area contributed by atoms with Crippen molar-refractivity contribution in [3.8, 4) is 0 Å². The van der Waals surface area contributed by atoms with E-state index < -0.39 is 18.3 Å². The molecule has 0 radical (unpaired) electrons. The molecule has 0 heterocycles. The number of alkyl carbamates (subject to hydrolysis) is 1. The van der Waals surface area contributed by atoms with Crippen molar-refractivity contribution in [3.05, 3.63) is 107 Å². The van der Waals surface area contributed by atoms with Crippen LogP contribution in [0.15, 0.2) is 84.9 Å². The molecule has 2 unspecified atom stereocenters. The Morgan fingerprint density at radius 2 is 1.37 bits per heavy atom. The highest BCUT2D eigenvalue weighted by molar-refractivity contribution is 6.08. The molecule has 3 N–H and O–H groups in total. The summed E-state index contributed by atoms with van der Waals surface area (Å²) in [6, 6.07) is 24.5. The molecule has 3 rings (SSSR count). The lowest BCUT2D eigenvalue weighted by Gasteiger charge is -2.19. The number of nitrogens with one attached hydrogen (secondary N) is 1. The highest BCUT2D eigenvalue weighted by Gasteiger charge is 2.20. The van der Waals surface area contributed by atoms with E-state index in [0.717, 1.165) is 5.56 Å². The number of rotatable bonds is 8. The zero-order chi connectivity index (χ0) is 21.3. The first-order valence-electron chi connectivity index (χ1n) is 9.55. The molecule has 3 aromatic rings. The summed E-state index contributed by atoms with van der Waals surface area (Å²) in [4.78, 5) is 24.2. The van der Waals surface area contributed by atoms with E-state index in [1.54, 1.807) is 48.5 Å².